The Bertz CT molecular complexity index is 744. The third-order valence-corrected chi connectivity index (χ3v) is 3.57. The van der Waals surface area contributed by atoms with E-state index in [0.29, 0.717) is 5.69 Å². The van der Waals surface area contributed by atoms with E-state index in [1.165, 1.54) is 0 Å². The van der Waals surface area contributed by atoms with Crippen molar-refractivity contribution in [1.29, 1.82) is 0 Å². The van der Waals surface area contributed by atoms with Crippen LogP contribution in [-0.4, -0.2) is 21.2 Å². The van der Waals surface area contributed by atoms with Gasteiger partial charge < -0.3 is 10.4 Å². The fraction of sp³-hybridized carbons (Fsp3) is 0.176. The zero-order valence-electron chi connectivity index (χ0n) is 12.0. The first kappa shape index (κ1) is 14.3. The second kappa shape index (κ2) is 6.41. The van der Waals surface area contributed by atoms with E-state index >= 15 is 0 Å². The fourth-order valence-corrected chi connectivity index (χ4v) is 2.43. The largest absolute Gasteiger partial charge is 0.392 e. The molecule has 1 aliphatic rings. The molecule has 22 heavy (non-hydrogen) atoms. The molecule has 1 aromatic heterocycles. The van der Waals surface area contributed by atoms with Gasteiger partial charge in [0.2, 0.25) is 0 Å². The van der Waals surface area contributed by atoms with Crippen LogP contribution in [0.15, 0.2) is 54.4 Å². The number of hydrogen-bond acceptors (Lipinski definition) is 3. The van der Waals surface area contributed by atoms with Gasteiger partial charge in [0.25, 0.3) is 5.91 Å². The lowest BCUT2D eigenvalue weighted by Crippen LogP contribution is -2.24. The van der Waals surface area contributed by atoms with Crippen molar-refractivity contribution >= 4 is 5.91 Å². The maximum absolute atomic E-state index is 12.4. The quantitative estimate of drug-likeness (QED) is 0.811. The number of nitrogens with zero attached hydrogens (tertiary/aromatic N) is 1. The Kier molecular flexibility index (Phi) is 4.16. The molecule has 0 saturated heterocycles. The van der Waals surface area contributed by atoms with Crippen molar-refractivity contribution in [1.82, 2.24) is 15.5 Å². The zero-order valence-corrected chi connectivity index (χ0v) is 12.0. The number of H-pyrrole nitrogens is 1. The lowest BCUT2D eigenvalue weighted by molar-refractivity contribution is 0.0960. The average molecular weight is 295 g/mol. The summed E-state index contributed by atoms with van der Waals surface area (Å²) in [6.07, 6.45) is 9.30. The number of amides is 1. The smallest absolute Gasteiger partial charge is 0.274 e. The van der Waals surface area contributed by atoms with Gasteiger partial charge in [-0.25, -0.2) is 0 Å². The monoisotopic (exact) mass is 295 g/mol. The van der Waals surface area contributed by atoms with Crippen LogP contribution in [0, 0.1) is 0 Å². The molecule has 0 radical (unpaired) electrons. The number of carbonyl (C=O) groups excluding carboxylic acids is 1. The number of aliphatic hydroxyl groups is 1. The van der Waals surface area contributed by atoms with Crippen LogP contribution in [0.5, 0.6) is 0 Å². The second-order valence-electron chi connectivity index (χ2n) is 5.13. The topological polar surface area (TPSA) is 78.0 Å². The van der Waals surface area contributed by atoms with Crippen molar-refractivity contribution in [2.24, 2.45) is 0 Å². The van der Waals surface area contributed by atoms with E-state index in [2.05, 4.69) is 21.6 Å². The minimum Gasteiger partial charge on any atom is -0.392 e. The Morgan fingerprint density at radius 1 is 1.41 bits per heavy atom. The summed E-state index contributed by atoms with van der Waals surface area (Å²) in [4.78, 5) is 12.4. The Balaban J connectivity index is 1.86. The van der Waals surface area contributed by atoms with Crippen molar-refractivity contribution < 1.29 is 9.90 Å². The Labute approximate surface area is 128 Å². The van der Waals surface area contributed by atoms with Crippen LogP contribution in [0.4, 0.5) is 0 Å². The highest BCUT2D eigenvalue weighted by atomic mass is 16.3. The molecule has 0 saturated carbocycles. The van der Waals surface area contributed by atoms with Crippen molar-refractivity contribution in [2.45, 2.75) is 19.4 Å². The minimum absolute atomic E-state index is 0.0353. The van der Waals surface area contributed by atoms with E-state index in [1.54, 1.807) is 6.20 Å². The summed E-state index contributed by atoms with van der Waals surface area (Å²) in [5.41, 5.74) is 3.69. The fourth-order valence-electron chi connectivity index (χ4n) is 2.43. The summed E-state index contributed by atoms with van der Waals surface area (Å²) in [7, 11) is 0. The zero-order chi connectivity index (χ0) is 15.4. The number of carbonyl (C=O) groups is 1. The molecular formula is C17H17N3O2. The molecule has 0 spiro atoms. The molecule has 0 bridgehead atoms. The summed E-state index contributed by atoms with van der Waals surface area (Å²) in [6, 6.07) is 7.43. The van der Waals surface area contributed by atoms with E-state index in [-0.39, 0.29) is 12.5 Å². The number of aliphatic hydroxyl groups excluding tert-OH is 1. The Morgan fingerprint density at radius 3 is 3.09 bits per heavy atom. The first-order valence-corrected chi connectivity index (χ1v) is 7.18. The van der Waals surface area contributed by atoms with Crippen molar-refractivity contribution in [3.8, 4) is 11.1 Å². The number of nitrogens with one attached hydrogen (secondary N) is 2. The highest BCUT2D eigenvalue weighted by Gasteiger charge is 2.16. The van der Waals surface area contributed by atoms with Crippen LogP contribution in [-0.2, 0) is 6.61 Å². The third-order valence-electron chi connectivity index (χ3n) is 3.57. The van der Waals surface area contributed by atoms with Gasteiger partial charge in [-0.2, -0.15) is 5.10 Å². The van der Waals surface area contributed by atoms with Gasteiger partial charge in [-0.1, -0.05) is 30.4 Å². The Morgan fingerprint density at radius 2 is 2.32 bits per heavy atom. The van der Waals surface area contributed by atoms with Gasteiger partial charge in [0.05, 0.1) is 12.8 Å². The van der Waals surface area contributed by atoms with Gasteiger partial charge in [0.15, 0.2) is 0 Å². The SMILES string of the molecule is O=C(NC1=CC=CCC1)c1[nH]ncc1-c1cccc(CO)c1. The number of hydrogen-bond donors (Lipinski definition) is 3. The van der Waals surface area contributed by atoms with Gasteiger partial charge in [0, 0.05) is 11.3 Å². The first-order chi connectivity index (χ1) is 10.8. The molecule has 3 rings (SSSR count). The second-order valence-corrected chi connectivity index (χ2v) is 5.13. The van der Waals surface area contributed by atoms with Crippen molar-refractivity contribution in [3.63, 3.8) is 0 Å². The molecule has 1 amide bonds. The van der Waals surface area contributed by atoms with Crippen LogP contribution in [0.1, 0.15) is 28.9 Å². The first-order valence-electron chi connectivity index (χ1n) is 7.18. The summed E-state index contributed by atoms with van der Waals surface area (Å²) in [5, 5.41) is 18.9. The number of benzene rings is 1. The molecule has 0 atom stereocenters. The molecule has 0 aliphatic heterocycles. The standard InChI is InChI=1S/C17H17N3O2/c21-11-12-5-4-6-13(9-12)15-10-18-20-16(15)17(22)19-14-7-2-1-3-8-14/h1-2,4-7,9-10,21H,3,8,11H2,(H,18,20)(H,19,22). The molecule has 1 aliphatic carbocycles. The van der Waals surface area contributed by atoms with Gasteiger partial charge in [-0.15, -0.1) is 0 Å². The summed E-state index contributed by atoms with van der Waals surface area (Å²) >= 11 is 0. The van der Waals surface area contributed by atoms with Crippen molar-refractivity contribution in [3.05, 3.63) is 65.6 Å². The van der Waals surface area contributed by atoms with E-state index < -0.39 is 0 Å². The molecule has 0 fully saturated rings. The van der Waals surface area contributed by atoms with Gasteiger partial charge in [0.1, 0.15) is 5.69 Å². The number of aromatic amines is 1. The highest BCUT2D eigenvalue weighted by Crippen LogP contribution is 2.23. The summed E-state index contributed by atoms with van der Waals surface area (Å²) in [6.45, 7) is -0.0353. The van der Waals surface area contributed by atoms with E-state index in [4.69, 9.17) is 0 Å². The van der Waals surface area contributed by atoms with Gasteiger partial charge >= 0.3 is 0 Å². The Hall–Kier alpha value is -2.66. The van der Waals surface area contributed by atoms with Crippen molar-refractivity contribution in [2.75, 3.05) is 0 Å². The molecule has 5 heteroatoms. The maximum atomic E-state index is 12.4. The molecule has 1 aromatic carbocycles. The average Bonchev–Trinajstić information content (AvgIpc) is 3.05. The molecule has 1 heterocycles. The van der Waals surface area contributed by atoms with Crippen LogP contribution < -0.4 is 5.32 Å². The van der Waals surface area contributed by atoms with E-state index in [9.17, 15) is 9.90 Å². The minimum atomic E-state index is -0.205. The molecule has 3 N–H and O–H groups in total. The number of allylic oxidation sites excluding steroid dienone is 4. The van der Waals surface area contributed by atoms with E-state index in [0.717, 1.165) is 35.2 Å². The predicted octanol–water partition coefficient (Wildman–Crippen LogP) is 2.53. The highest BCUT2D eigenvalue weighted by molar-refractivity contribution is 5.99. The molecule has 112 valence electrons. The molecular weight excluding hydrogens is 278 g/mol. The van der Waals surface area contributed by atoms with Crippen LogP contribution in [0.25, 0.3) is 11.1 Å². The number of aromatic nitrogens is 2. The normalized spacial score (nSPS) is 13.8. The van der Waals surface area contributed by atoms with Crippen LogP contribution in [0.2, 0.25) is 0 Å². The summed E-state index contributed by atoms with van der Waals surface area (Å²) in [5.74, 6) is -0.205. The van der Waals surface area contributed by atoms with Crippen LogP contribution >= 0.6 is 0 Å². The molecule has 2 aromatic rings. The lowest BCUT2D eigenvalue weighted by atomic mass is 10.0. The maximum Gasteiger partial charge on any atom is 0.274 e. The number of rotatable bonds is 4. The van der Waals surface area contributed by atoms with Crippen LogP contribution in [0.3, 0.4) is 0 Å². The summed E-state index contributed by atoms with van der Waals surface area (Å²) < 4.78 is 0. The molecule has 0 unspecified atom stereocenters. The lowest BCUT2D eigenvalue weighted by Gasteiger charge is -2.11. The van der Waals surface area contributed by atoms with Gasteiger partial charge in [-0.3, -0.25) is 9.89 Å². The third kappa shape index (κ3) is 2.99. The van der Waals surface area contributed by atoms with Gasteiger partial charge in [-0.05, 0) is 36.1 Å². The molecule has 5 nitrogen and oxygen atoms in total. The predicted molar refractivity (Wildman–Crippen MR) is 83.9 cm³/mol. The van der Waals surface area contributed by atoms with E-state index in [1.807, 2.05) is 36.4 Å².